The highest BCUT2D eigenvalue weighted by molar-refractivity contribution is 6.30. The molecule has 0 spiro atoms. The minimum absolute atomic E-state index is 0.151. The molecule has 1 aliphatic rings. The maximum absolute atomic E-state index is 12.2. The highest BCUT2D eigenvalue weighted by Gasteiger charge is 2.14. The lowest BCUT2D eigenvalue weighted by atomic mass is 9.92. The Morgan fingerprint density at radius 2 is 1.72 bits per heavy atom. The number of carbonyl (C=O) groups excluding carboxylic acids is 1. The van der Waals surface area contributed by atoms with Crippen molar-refractivity contribution >= 4 is 29.5 Å². The van der Waals surface area contributed by atoms with Gasteiger partial charge in [-0.2, -0.15) is 0 Å². The van der Waals surface area contributed by atoms with Gasteiger partial charge in [0.25, 0.3) is 0 Å². The van der Waals surface area contributed by atoms with E-state index in [1.165, 1.54) is 0 Å². The first-order valence-electron chi connectivity index (χ1n) is 5.83. The fraction of sp³-hybridized carbons (Fsp3) is 0.0625. The van der Waals surface area contributed by atoms with Crippen molar-refractivity contribution in [1.82, 2.24) is 0 Å². The zero-order chi connectivity index (χ0) is 12.5. The quantitative estimate of drug-likeness (QED) is 0.687. The zero-order valence-electron chi connectivity index (χ0n) is 9.69. The summed E-state index contributed by atoms with van der Waals surface area (Å²) in [7, 11) is 0. The third kappa shape index (κ3) is 1.98. The fourth-order valence-corrected chi connectivity index (χ4v) is 2.41. The van der Waals surface area contributed by atoms with Gasteiger partial charge in [-0.05, 0) is 28.8 Å². The lowest BCUT2D eigenvalue weighted by Crippen LogP contribution is -2.08. The third-order valence-corrected chi connectivity index (χ3v) is 3.40. The summed E-state index contributed by atoms with van der Waals surface area (Å²) < 4.78 is 0. The Hall–Kier alpha value is -1.86. The van der Waals surface area contributed by atoms with Gasteiger partial charge in [0.1, 0.15) is 0 Å². The van der Waals surface area contributed by atoms with Gasteiger partial charge in [-0.15, -0.1) is 0 Å². The van der Waals surface area contributed by atoms with Crippen molar-refractivity contribution in [2.45, 2.75) is 6.42 Å². The van der Waals surface area contributed by atoms with E-state index < -0.39 is 0 Å². The summed E-state index contributed by atoms with van der Waals surface area (Å²) in [6.45, 7) is 0. The van der Waals surface area contributed by atoms with Crippen LogP contribution < -0.4 is 0 Å². The van der Waals surface area contributed by atoms with Crippen LogP contribution in [0.5, 0.6) is 0 Å². The number of Topliss-reactive ketones (excluding diaryl/α,β-unsaturated/α-hetero) is 1. The molecule has 3 rings (SSSR count). The number of rotatable bonds is 0. The SMILES string of the molecule is O=C1Cc2ccc(Cl)cc2/C=C\c2ccccc21. The molecule has 1 nitrogen and oxygen atoms in total. The lowest BCUT2D eigenvalue weighted by Gasteiger charge is -2.11. The number of carbonyl (C=O) groups is 1. The predicted molar refractivity (Wildman–Crippen MR) is 74.9 cm³/mol. The molecule has 88 valence electrons. The molecule has 2 aromatic carbocycles. The van der Waals surface area contributed by atoms with Gasteiger partial charge in [0.2, 0.25) is 0 Å². The van der Waals surface area contributed by atoms with Crippen LogP contribution in [0.2, 0.25) is 5.02 Å². The summed E-state index contributed by atoms with van der Waals surface area (Å²) in [5.41, 5.74) is 3.79. The van der Waals surface area contributed by atoms with Crippen LogP contribution in [0.1, 0.15) is 27.0 Å². The molecule has 0 unspecified atom stereocenters. The monoisotopic (exact) mass is 254 g/mol. The highest BCUT2D eigenvalue weighted by Crippen LogP contribution is 2.24. The van der Waals surface area contributed by atoms with Crippen LogP contribution in [0.15, 0.2) is 42.5 Å². The molecule has 0 saturated carbocycles. The molecule has 0 saturated heterocycles. The lowest BCUT2D eigenvalue weighted by molar-refractivity contribution is 0.0992. The normalized spacial score (nSPS) is 15.3. The fourth-order valence-electron chi connectivity index (χ4n) is 2.23. The molecule has 0 heterocycles. The Labute approximate surface area is 111 Å². The largest absolute Gasteiger partial charge is 0.294 e. The van der Waals surface area contributed by atoms with E-state index in [9.17, 15) is 4.79 Å². The average molecular weight is 255 g/mol. The van der Waals surface area contributed by atoms with Gasteiger partial charge in [-0.3, -0.25) is 4.79 Å². The Kier molecular flexibility index (Phi) is 2.77. The molecule has 0 N–H and O–H groups in total. The number of halogens is 1. The molecule has 2 heteroatoms. The summed E-state index contributed by atoms with van der Waals surface area (Å²) >= 11 is 5.99. The Morgan fingerprint density at radius 3 is 2.61 bits per heavy atom. The van der Waals surface area contributed by atoms with Crippen molar-refractivity contribution in [3.8, 4) is 0 Å². The minimum atomic E-state index is 0.151. The van der Waals surface area contributed by atoms with Crippen molar-refractivity contribution in [3.05, 3.63) is 69.7 Å². The maximum Gasteiger partial charge on any atom is 0.167 e. The minimum Gasteiger partial charge on any atom is -0.294 e. The Morgan fingerprint density at radius 1 is 0.944 bits per heavy atom. The van der Waals surface area contributed by atoms with E-state index in [2.05, 4.69) is 0 Å². The van der Waals surface area contributed by atoms with Crippen LogP contribution >= 0.6 is 11.6 Å². The molecule has 0 aromatic heterocycles. The summed E-state index contributed by atoms with van der Waals surface area (Å²) in [4.78, 5) is 12.2. The van der Waals surface area contributed by atoms with E-state index in [4.69, 9.17) is 11.6 Å². The van der Waals surface area contributed by atoms with Crippen molar-refractivity contribution in [1.29, 1.82) is 0 Å². The first kappa shape index (κ1) is 11.2. The Bertz CT molecular complexity index is 656. The number of fused-ring (bicyclic) bond motifs is 2. The molecule has 0 aliphatic heterocycles. The second-order valence-electron chi connectivity index (χ2n) is 4.36. The van der Waals surface area contributed by atoms with Gasteiger partial charge in [0.05, 0.1) is 0 Å². The van der Waals surface area contributed by atoms with E-state index in [0.29, 0.717) is 11.4 Å². The van der Waals surface area contributed by atoms with Crippen molar-refractivity contribution < 1.29 is 4.79 Å². The Balaban J connectivity index is 2.18. The molecule has 1 aliphatic carbocycles. The molecule has 0 amide bonds. The topological polar surface area (TPSA) is 17.1 Å². The summed E-state index contributed by atoms with van der Waals surface area (Å²) in [5.74, 6) is 0.151. The van der Waals surface area contributed by atoms with E-state index in [-0.39, 0.29) is 5.78 Å². The van der Waals surface area contributed by atoms with Crippen LogP contribution in [-0.2, 0) is 6.42 Å². The zero-order valence-corrected chi connectivity index (χ0v) is 10.4. The van der Waals surface area contributed by atoms with Gasteiger partial charge in [0.15, 0.2) is 5.78 Å². The number of ketones is 1. The smallest absolute Gasteiger partial charge is 0.167 e. The predicted octanol–water partition coefficient (Wildman–Crippen LogP) is 4.25. The molecule has 0 bridgehead atoms. The molecular weight excluding hydrogens is 244 g/mol. The van der Waals surface area contributed by atoms with Crippen LogP contribution in [0.3, 0.4) is 0 Å². The number of hydrogen-bond acceptors (Lipinski definition) is 1. The van der Waals surface area contributed by atoms with Gasteiger partial charge in [-0.25, -0.2) is 0 Å². The summed E-state index contributed by atoms with van der Waals surface area (Å²) in [6.07, 6.45) is 4.42. The second kappa shape index (κ2) is 4.43. The van der Waals surface area contributed by atoms with Gasteiger partial charge in [-0.1, -0.05) is 54.1 Å². The van der Waals surface area contributed by atoms with Crippen molar-refractivity contribution in [3.63, 3.8) is 0 Å². The van der Waals surface area contributed by atoms with Crippen molar-refractivity contribution in [2.75, 3.05) is 0 Å². The second-order valence-corrected chi connectivity index (χ2v) is 4.80. The maximum atomic E-state index is 12.2. The van der Waals surface area contributed by atoms with E-state index >= 15 is 0 Å². The molecular formula is C16H11ClO. The molecule has 0 atom stereocenters. The first-order chi connectivity index (χ1) is 8.74. The molecule has 0 radical (unpaired) electrons. The highest BCUT2D eigenvalue weighted by atomic mass is 35.5. The van der Waals surface area contributed by atoms with Gasteiger partial charge < -0.3 is 0 Å². The first-order valence-corrected chi connectivity index (χ1v) is 6.20. The van der Waals surface area contributed by atoms with E-state index in [1.54, 1.807) is 0 Å². The van der Waals surface area contributed by atoms with Crippen LogP contribution in [0, 0.1) is 0 Å². The number of benzene rings is 2. The van der Waals surface area contributed by atoms with Crippen LogP contribution in [-0.4, -0.2) is 5.78 Å². The summed E-state index contributed by atoms with van der Waals surface area (Å²) in [6, 6.07) is 13.3. The van der Waals surface area contributed by atoms with E-state index in [0.717, 1.165) is 22.3 Å². The van der Waals surface area contributed by atoms with Crippen LogP contribution in [0.25, 0.3) is 12.2 Å². The van der Waals surface area contributed by atoms with Crippen molar-refractivity contribution in [2.24, 2.45) is 0 Å². The molecule has 18 heavy (non-hydrogen) atoms. The number of hydrogen-bond donors (Lipinski definition) is 0. The third-order valence-electron chi connectivity index (χ3n) is 3.16. The summed E-state index contributed by atoms with van der Waals surface area (Å²) in [5, 5.41) is 0.694. The van der Waals surface area contributed by atoms with Crippen LogP contribution in [0.4, 0.5) is 0 Å². The molecule has 0 fully saturated rings. The van der Waals surface area contributed by atoms with Gasteiger partial charge >= 0.3 is 0 Å². The average Bonchev–Trinajstić information content (AvgIpc) is 2.37. The van der Waals surface area contributed by atoms with Gasteiger partial charge in [0, 0.05) is 17.0 Å². The standard InChI is InChI=1S/C16H11ClO/c17-14-8-7-13-10-16(18)15-4-2-1-3-11(15)5-6-12(13)9-14/h1-9H,10H2/b6-5-. The molecule has 2 aromatic rings. The van der Waals surface area contributed by atoms with E-state index in [1.807, 2.05) is 54.6 Å².